The Morgan fingerprint density at radius 1 is 1.09 bits per heavy atom. The van der Waals surface area contributed by atoms with Crippen LogP contribution in [0.2, 0.25) is 0 Å². The SMILES string of the molecule is COc1cc(NC(=O)COC(=O)C2CCN(c3ncnc4sc(C)c(C)c34)CC2)cc(OC)c1. The molecule has 1 aliphatic heterocycles. The highest BCUT2D eigenvalue weighted by Gasteiger charge is 2.28. The van der Waals surface area contributed by atoms with E-state index in [1.54, 1.807) is 35.9 Å². The minimum Gasteiger partial charge on any atom is -0.497 e. The number of nitrogens with zero attached hydrogens (tertiary/aromatic N) is 3. The van der Waals surface area contributed by atoms with E-state index in [4.69, 9.17) is 14.2 Å². The average molecular weight is 485 g/mol. The lowest BCUT2D eigenvalue weighted by Crippen LogP contribution is -2.38. The Hall–Kier alpha value is -3.40. The van der Waals surface area contributed by atoms with Crippen molar-refractivity contribution >= 4 is 44.9 Å². The van der Waals surface area contributed by atoms with E-state index < -0.39 is 5.91 Å². The second-order valence-corrected chi connectivity index (χ2v) is 9.38. The van der Waals surface area contributed by atoms with Gasteiger partial charge in [-0.1, -0.05) is 0 Å². The predicted molar refractivity (Wildman–Crippen MR) is 131 cm³/mol. The van der Waals surface area contributed by atoms with Crippen molar-refractivity contribution in [2.24, 2.45) is 5.92 Å². The Kier molecular flexibility index (Phi) is 7.16. The first-order valence-corrected chi connectivity index (χ1v) is 11.9. The van der Waals surface area contributed by atoms with Gasteiger partial charge in [-0.3, -0.25) is 9.59 Å². The number of hydrogen-bond acceptors (Lipinski definition) is 9. The van der Waals surface area contributed by atoms with Gasteiger partial charge >= 0.3 is 5.97 Å². The molecule has 180 valence electrons. The summed E-state index contributed by atoms with van der Waals surface area (Å²) in [6.07, 6.45) is 2.88. The Bertz CT molecular complexity index is 1180. The highest BCUT2D eigenvalue weighted by Crippen LogP contribution is 2.35. The number of rotatable bonds is 7. The number of hydrogen-bond donors (Lipinski definition) is 1. The van der Waals surface area contributed by atoms with E-state index in [9.17, 15) is 9.59 Å². The van der Waals surface area contributed by atoms with Gasteiger partial charge in [0.1, 0.15) is 28.5 Å². The third kappa shape index (κ3) is 5.06. The highest BCUT2D eigenvalue weighted by molar-refractivity contribution is 7.18. The van der Waals surface area contributed by atoms with E-state index in [2.05, 4.69) is 34.0 Å². The minimum absolute atomic E-state index is 0.247. The van der Waals surface area contributed by atoms with Crippen molar-refractivity contribution in [3.8, 4) is 11.5 Å². The summed E-state index contributed by atoms with van der Waals surface area (Å²) in [6.45, 7) is 5.22. The molecule has 1 saturated heterocycles. The van der Waals surface area contributed by atoms with Crippen molar-refractivity contribution in [3.05, 3.63) is 35.0 Å². The third-order valence-electron chi connectivity index (χ3n) is 6.05. The number of aryl methyl sites for hydroxylation is 2. The summed E-state index contributed by atoms with van der Waals surface area (Å²) >= 11 is 1.67. The number of carbonyl (C=O) groups is 2. The Morgan fingerprint density at radius 3 is 2.41 bits per heavy atom. The highest BCUT2D eigenvalue weighted by atomic mass is 32.1. The third-order valence-corrected chi connectivity index (χ3v) is 7.17. The summed E-state index contributed by atoms with van der Waals surface area (Å²) in [5.74, 6) is 0.996. The van der Waals surface area contributed by atoms with Gasteiger partial charge in [0.2, 0.25) is 0 Å². The fourth-order valence-corrected chi connectivity index (χ4v) is 5.05. The summed E-state index contributed by atoms with van der Waals surface area (Å²) in [5.41, 5.74) is 1.71. The smallest absolute Gasteiger partial charge is 0.309 e. The van der Waals surface area contributed by atoms with Crippen LogP contribution in [0.5, 0.6) is 11.5 Å². The van der Waals surface area contributed by atoms with Crippen LogP contribution >= 0.6 is 11.3 Å². The summed E-state index contributed by atoms with van der Waals surface area (Å²) in [4.78, 5) is 38.3. The Morgan fingerprint density at radius 2 is 1.76 bits per heavy atom. The number of anilines is 2. The van der Waals surface area contributed by atoms with E-state index in [1.807, 2.05) is 0 Å². The largest absolute Gasteiger partial charge is 0.497 e. The second-order valence-electron chi connectivity index (χ2n) is 8.18. The number of aromatic nitrogens is 2. The minimum atomic E-state index is -0.423. The van der Waals surface area contributed by atoms with Gasteiger partial charge in [-0.2, -0.15) is 0 Å². The van der Waals surface area contributed by atoms with Gasteiger partial charge in [0, 0.05) is 41.9 Å². The van der Waals surface area contributed by atoms with E-state index in [0.717, 1.165) is 16.0 Å². The van der Waals surface area contributed by atoms with Crippen LogP contribution in [0.3, 0.4) is 0 Å². The lowest BCUT2D eigenvalue weighted by Gasteiger charge is -2.32. The summed E-state index contributed by atoms with van der Waals surface area (Å²) < 4.78 is 15.7. The first-order chi connectivity index (χ1) is 16.4. The van der Waals surface area contributed by atoms with Gasteiger partial charge in [0.15, 0.2) is 6.61 Å². The molecule has 2 aromatic heterocycles. The number of esters is 1. The van der Waals surface area contributed by atoms with Crippen LogP contribution in [-0.4, -0.2) is 55.8 Å². The molecule has 3 aromatic rings. The molecule has 1 aromatic carbocycles. The number of piperidine rings is 1. The molecule has 0 radical (unpaired) electrons. The normalized spacial score (nSPS) is 14.2. The Balaban J connectivity index is 1.30. The van der Waals surface area contributed by atoms with Crippen molar-refractivity contribution in [2.45, 2.75) is 26.7 Å². The molecular weight excluding hydrogens is 456 g/mol. The fraction of sp³-hybridized carbons (Fsp3) is 0.417. The fourth-order valence-electron chi connectivity index (χ4n) is 4.06. The van der Waals surface area contributed by atoms with Crippen molar-refractivity contribution < 1.29 is 23.8 Å². The van der Waals surface area contributed by atoms with Crippen molar-refractivity contribution in [3.63, 3.8) is 0 Å². The monoisotopic (exact) mass is 484 g/mol. The maximum absolute atomic E-state index is 12.6. The van der Waals surface area contributed by atoms with E-state index in [1.165, 1.54) is 24.7 Å². The summed E-state index contributed by atoms with van der Waals surface area (Å²) in [7, 11) is 3.06. The first kappa shape index (κ1) is 23.7. The molecule has 0 bridgehead atoms. The van der Waals surface area contributed by atoms with Crippen LogP contribution in [-0.2, 0) is 14.3 Å². The van der Waals surface area contributed by atoms with Crippen LogP contribution in [0.15, 0.2) is 24.5 Å². The molecule has 4 rings (SSSR count). The quantitative estimate of drug-likeness (QED) is 0.506. The zero-order valence-electron chi connectivity index (χ0n) is 19.7. The number of ether oxygens (including phenoxy) is 3. The van der Waals surface area contributed by atoms with Crippen molar-refractivity contribution in [2.75, 3.05) is 44.1 Å². The van der Waals surface area contributed by atoms with Crippen LogP contribution < -0.4 is 19.7 Å². The van der Waals surface area contributed by atoms with Crippen LogP contribution in [0, 0.1) is 19.8 Å². The molecule has 0 spiro atoms. The van der Waals surface area contributed by atoms with Crippen molar-refractivity contribution in [1.82, 2.24) is 9.97 Å². The number of methoxy groups -OCH3 is 2. The number of fused-ring (bicyclic) bond motifs is 1. The zero-order valence-corrected chi connectivity index (χ0v) is 20.5. The number of amides is 1. The number of carbonyl (C=O) groups excluding carboxylic acids is 2. The van der Waals surface area contributed by atoms with Crippen LogP contribution in [0.25, 0.3) is 10.2 Å². The average Bonchev–Trinajstić information content (AvgIpc) is 3.15. The zero-order chi connectivity index (χ0) is 24.2. The van der Waals surface area contributed by atoms with Gasteiger partial charge in [-0.15, -0.1) is 11.3 Å². The molecule has 3 heterocycles. The lowest BCUT2D eigenvalue weighted by atomic mass is 9.97. The topological polar surface area (TPSA) is 103 Å². The molecule has 0 aliphatic carbocycles. The predicted octanol–water partition coefficient (Wildman–Crippen LogP) is 3.72. The standard InChI is InChI=1S/C24H28N4O5S/c1-14-15(2)34-23-21(14)22(25-13-26-23)28-7-5-16(6-8-28)24(30)33-12-20(29)27-17-9-18(31-3)11-19(10-17)32-4/h9-11,13,16H,5-8,12H2,1-4H3,(H,27,29). The van der Waals surface area contributed by atoms with Gasteiger partial charge in [-0.05, 0) is 32.3 Å². The molecule has 1 fully saturated rings. The van der Waals surface area contributed by atoms with Gasteiger partial charge in [-0.25, -0.2) is 9.97 Å². The van der Waals surface area contributed by atoms with Gasteiger partial charge in [0.05, 0.1) is 25.5 Å². The summed E-state index contributed by atoms with van der Waals surface area (Å²) in [6, 6.07) is 5.03. The van der Waals surface area contributed by atoms with Crippen molar-refractivity contribution in [1.29, 1.82) is 0 Å². The molecule has 1 aliphatic rings. The van der Waals surface area contributed by atoms with E-state index >= 15 is 0 Å². The maximum atomic E-state index is 12.6. The molecule has 10 heteroatoms. The number of benzene rings is 1. The molecule has 1 amide bonds. The lowest BCUT2D eigenvalue weighted by molar-refractivity contribution is -0.152. The Labute approximate surface area is 202 Å². The van der Waals surface area contributed by atoms with Crippen LogP contribution in [0.1, 0.15) is 23.3 Å². The second kappa shape index (κ2) is 10.3. The molecule has 34 heavy (non-hydrogen) atoms. The van der Waals surface area contributed by atoms with E-state index in [0.29, 0.717) is 43.1 Å². The molecule has 0 saturated carbocycles. The van der Waals surface area contributed by atoms with Crippen LogP contribution in [0.4, 0.5) is 11.5 Å². The molecule has 1 N–H and O–H groups in total. The molecule has 0 unspecified atom stereocenters. The molecule has 9 nitrogen and oxygen atoms in total. The number of thiophene rings is 1. The van der Waals surface area contributed by atoms with Gasteiger partial charge < -0.3 is 24.4 Å². The summed E-state index contributed by atoms with van der Waals surface area (Å²) in [5, 5.41) is 3.80. The van der Waals surface area contributed by atoms with Gasteiger partial charge in [0.25, 0.3) is 5.91 Å². The molecular formula is C24H28N4O5S. The molecule has 0 atom stereocenters. The first-order valence-electron chi connectivity index (χ1n) is 11.0. The van der Waals surface area contributed by atoms with E-state index in [-0.39, 0.29) is 18.5 Å². The number of nitrogens with one attached hydrogen (secondary N) is 1. The maximum Gasteiger partial charge on any atom is 0.309 e.